The molecule has 0 aliphatic rings. The third-order valence-corrected chi connectivity index (χ3v) is 2.61. The number of aromatic nitrogens is 2. The molecule has 0 radical (unpaired) electrons. The number of carboxylic acid groups (broad SMARTS) is 1. The van der Waals surface area contributed by atoms with Crippen LogP contribution in [0.1, 0.15) is 17.3 Å². The molecule has 0 fully saturated rings. The van der Waals surface area contributed by atoms with Gasteiger partial charge in [-0.05, 0) is 12.1 Å². The highest BCUT2D eigenvalue weighted by atomic mass is 16.4. The number of hydrogen-bond donors (Lipinski definition) is 2. The van der Waals surface area contributed by atoms with Gasteiger partial charge in [0.15, 0.2) is 0 Å². The summed E-state index contributed by atoms with van der Waals surface area (Å²) in [6.45, 7) is 2.49. The molecule has 2 aromatic rings. The number of amides is 1. The summed E-state index contributed by atoms with van der Waals surface area (Å²) >= 11 is 0. The molecular formula is C12H13N3O3. The van der Waals surface area contributed by atoms with Gasteiger partial charge >= 0.3 is 5.97 Å². The first-order chi connectivity index (χ1) is 8.59. The monoisotopic (exact) mass is 247 g/mol. The summed E-state index contributed by atoms with van der Waals surface area (Å²) < 4.78 is 1.82. The van der Waals surface area contributed by atoms with E-state index >= 15 is 0 Å². The second-order valence-electron chi connectivity index (χ2n) is 3.90. The van der Waals surface area contributed by atoms with E-state index in [0.717, 1.165) is 5.52 Å². The van der Waals surface area contributed by atoms with E-state index in [1.165, 1.54) is 13.0 Å². The molecule has 0 aliphatic heterocycles. The van der Waals surface area contributed by atoms with Crippen molar-refractivity contribution in [2.45, 2.75) is 13.5 Å². The van der Waals surface area contributed by atoms with Gasteiger partial charge in [-0.3, -0.25) is 4.79 Å². The van der Waals surface area contributed by atoms with Crippen LogP contribution in [-0.4, -0.2) is 33.1 Å². The van der Waals surface area contributed by atoms with Gasteiger partial charge < -0.3 is 15.0 Å². The number of imidazole rings is 1. The lowest BCUT2D eigenvalue weighted by Crippen LogP contribution is -2.24. The highest BCUT2D eigenvalue weighted by Crippen LogP contribution is 2.17. The summed E-state index contributed by atoms with van der Waals surface area (Å²) in [6.07, 6.45) is 1.58. The molecule has 2 rings (SSSR count). The minimum atomic E-state index is -0.993. The van der Waals surface area contributed by atoms with E-state index in [1.54, 1.807) is 12.4 Å². The Morgan fingerprint density at radius 1 is 1.44 bits per heavy atom. The van der Waals surface area contributed by atoms with Crippen molar-refractivity contribution in [3.63, 3.8) is 0 Å². The molecule has 0 atom stereocenters. The predicted molar refractivity (Wildman–Crippen MR) is 65.4 cm³/mol. The van der Waals surface area contributed by atoms with Crippen LogP contribution in [0.25, 0.3) is 11.0 Å². The average Bonchev–Trinajstić information content (AvgIpc) is 2.72. The standard InChI is InChI=1S/C12H13N3O3/c1-8(16)13-5-6-15-7-14-11-9(12(17)18)3-2-4-10(11)15/h2-4,7H,5-6H2,1H3,(H,13,16)(H,17,18). The summed E-state index contributed by atoms with van der Waals surface area (Å²) in [6, 6.07) is 5.01. The number of carboxylic acids is 1. The van der Waals surface area contributed by atoms with Crippen molar-refractivity contribution >= 4 is 22.9 Å². The zero-order valence-corrected chi connectivity index (χ0v) is 9.88. The van der Waals surface area contributed by atoms with Gasteiger partial charge in [-0.15, -0.1) is 0 Å². The number of fused-ring (bicyclic) bond motifs is 1. The van der Waals surface area contributed by atoms with Crippen molar-refractivity contribution in [3.8, 4) is 0 Å². The summed E-state index contributed by atoms with van der Waals surface area (Å²) in [7, 11) is 0. The first-order valence-electron chi connectivity index (χ1n) is 5.51. The van der Waals surface area contributed by atoms with E-state index in [-0.39, 0.29) is 11.5 Å². The summed E-state index contributed by atoms with van der Waals surface area (Å²) in [4.78, 5) is 25.9. The maximum atomic E-state index is 11.0. The van der Waals surface area contributed by atoms with E-state index < -0.39 is 5.97 Å². The molecule has 0 aliphatic carbocycles. The Labute approximate surface area is 103 Å². The molecule has 18 heavy (non-hydrogen) atoms. The summed E-state index contributed by atoms with van der Waals surface area (Å²) in [5.74, 6) is -1.08. The number of nitrogens with one attached hydrogen (secondary N) is 1. The second-order valence-corrected chi connectivity index (χ2v) is 3.90. The van der Waals surface area contributed by atoms with Gasteiger partial charge in [0.05, 0.1) is 17.4 Å². The molecule has 1 aromatic heterocycles. The van der Waals surface area contributed by atoms with Gasteiger partial charge in [-0.25, -0.2) is 9.78 Å². The zero-order chi connectivity index (χ0) is 13.1. The molecule has 0 saturated carbocycles. The van der Waals surface area contributed by atoms with E-state index in [1.807, 2.05) is 10.6 Å². The SMILES string of the molecule is CC(=O)NCCn1cnc2c(C(=O)O)cccc21. The number of nitrogens with zero attached hydrogens (tertiary/aromatic N) is 2. The number of para-hydroxylation sites is 1. The smallest absolute Gasteiger partial charge is 0.337 e. The van der Waals surface area contributed by atoms with Crippen molar-refractivity contribution in [3.05, 3.63) is 30.1 Å². The van der Waals surface area contributed by atoms with Gasteiger partial charge in [-0.2, -0.15) is 0 Å². The number of hydrogen-bond acceptors (Lipinski definition) is 3. The Hall–Kier alpha value is -2.37. The minimum absolute atomic E-state index is 0.0920. The Bertz CT molecular complexity index is 604. The quantitative estimate of drug-likeness (QED) is 0.839. The Morgan fingerprint density at radius 2 is 2.22 bits per heavy atom. The topological polar surface area (TPSA) is 84.2 Å². The first kappa shape index (κ1) is 12.1. The first-order valence-corrected chi connectivity index (χ1v) is 5.51. The van der Waals surface area contributed by atoms with Crippen LogP contribution in [0.2, 0.25) is 0 Å². The number of carbonyl (C=O) groups excluding carboxylic acids is 1. The lowest BCUT2D eigenvalue weighted by Gasteiger charge is -2.05. The third-order valence-electron chi connectivity index (χ3n) is 2.61. The number of rotatable bonds is 4. The van der Waals surface area contributed by atoms with Crippen LogP contribution in [0.3, 0.4) is 0 Å². The fourth-order valence-corrected chi connectivity index (χ4v) is 1.79. The fourth-order valence-electron chi connectivity index (χ4n) is 1.79. The maximum absolute atomic E-state index is 11.0. The van der Waals surface area contributed by atoms with Gasteiger partial charge in [0.1, 0.15) is 5.52 Å². The van der Waals surface area contributed by atoms with Crippen molar-refractivity contribution in [1.29, 1.82) is 0 Å². The van der Waals surface area contributed by atoms with Crippen LogP contribution >= 0.6 is 0 Å². The largest absolute Gasteiger partial charge is 0.478 e. The highest BCUT2D eigenvalue weighted by molar-refractivity contribution is 6.00. The molecule has 6 heteroatoms. The van der Waals surface area contributed by atoms with Crippen molar-refractivity contribution in [2.24, 2.45) is 0 Å². The van der Waals surface area contributed by atoms with Crippen LogP contribution in [0, 0.1) is 0 Å². The molecule has 0 spiro atoms. The van der Waals surface area contributed by atoms with E-state index in [9.17, 15) is 9.59 Å². The lowest BCUT2D eigenvalue weighted by molar-refractivity contribution is -0.118. The predicted octanol–water partition coefficient (Wildman–Crippen LogP) is 0.871. The average molecular weight is 247 g/mol. The van der Waals surface area contributed by atoms with Crippen LogP contribution in [0.15, 0.2) is 24.5 Å². The molecule has 1 aromatic carbocycles. The molecule has 0 saturated heterocycles. The van der Waals surface area contributed by atoms with E-state index in [2.05, 4.69) is 10.3 Å². The van der Waals surface area contributed by atoms with Gasteiger partial charge in [0, 0.05) is 20.0 Å². The Morgan fingerprint density at radius 3 is 2.89 bits per heavy atom. The van der Waals surface area contributed by atoms with Crippen LogP contribution in [0.5, 0.6) is 0 Å². The molecule has 1 heterocycles. The lowest BCUT2D eigenvalue weighted by atomic mass is 10.2. The molecule has 0 unspecified atom stereocenters. The summed E-state index contributed by atoms with van der Waals surface area (Å²) in [5, 5.41) is 11.7. The van der Waals surface area contributed by atoms with Crippen LogP contribution in [-0.2, 0) is 11.3 Å². The normalized spacial score (nSPS) is 10.5. The molecule has 2 N–H and O–H groups in total. The molecular weight excluding hydrogens is 234 g/mol. The van der Waals surface area contributed by atoms with Gasteiger partial charge in [0.25, 0.3) is 0 Å². The van der Waals surface area contributed by atoms with Crippen molar-refractivity contribution < 1.29 is 14.7 Å². The summed E-state index contributed by atoms with van der Waals surface area (Å²) in [5.41, 5.74) is 1.40. The third kappa shape index (κ3) is 2.32. The molecule has 94 valence electrons. The van der Waals surface area contributed by atoms with E-state index in [4.69, 9.17) is 5.11 Å². The van der Waals surface area contributed by atoms with Crippen molar-refractivity contribution in [1.82, 2.24) is 14.9 Å². The zero-order valence-electron chi connectivity index (χ0n) is 9.88. The molecule has 0 bridgehead atoms. The van der Waals surface area contributed by atoms with Crippen LogP contribution < -0.4 is 5.32 Å². The van der Waals surface area contributed by atoms with Crippen LogP contribution in [0.4, 0.5) is 0 Å². The molecule has 1 amide bonds. The number of aromatic carboxylic acids is 1. The number of benzene rings is 1. The minimum Gasteiger partial charge on any atom is -0.478 e. The number of carbonyl (C=O) groups is 2. The Kier molecular flexibility index (Phi) is 3.27. The molecule has 6 nitrogen and oxygen atoms in total. The Balaban J connectivity index is 2.28. The van der Waals surface area contributed by atoms with E-state index in [0.29, 0.717) is 18.6 Å². The maximum Gasteiger partial charge on any atom is 0.337 e. The van der Waals surface area contributed by atoms with Gasteiger partial charge in [0.2, 0.25) is 5.91 Å². The second kappa shape index (κ2) is 4.87. The highest BCUT2D eigenvalue weighted by Gasteiger charge is 2.11. The van der Waals surface area contributed by atoms with Gasteiger partial charge in [-0.1, -0.05) is 6.07 Å². The van der Waals surface area contributed by atoms with Crippen molar-refractivity contribution in [2.75, 3.05) is 6.54 Å². The fraction of sp³-hybridized carbons (Fsp3) is 0.250.